The number of hydrogen-bond acceptors (Lipinski definition) is 6. The minimum atomic E-state index is -0.617. The largest absolute Gasteiger partial charge is 0.468 e. The molecular formula is C16H15N3O5S. The Morgan fingerprint density at radius 1 is 1.16 bits per heavy atom. The Hall–Kier alpha value is -2.81. The van der Waals surface area contributed by atoms with Gasteiger partial charge in [0.15, 0.2) is 4.80 Å². The van der Waals surface area contributed by atoms with E-state index in [1.54, 1.807) is 4.57 Å². The fourth-order valence-electron chi connectivity index (χ4n) is 2.53. The number of benzene rings is 1. The summed E-state index contributed by atoms with van der Waals surface area (Å²) in [7, 11) is 1.28. The van der Waals surface area contributed by atoms with E-state index in [1.807, 2.05) is 24.3 Å². The van der Waals surface area contributed by atoms with Crippen molar-refractivity contribution in [1.82, 2.24) is 9.47 Å². The molecule has 1 aromatic carbocycles. The number of likely N-dealkylation sites (tertiary alicyclic amines) is 1. The molecule has 0 unspecified atom stereocenters. The van der Waals surface area contributed by atoms with Crippen molar-refractivity contribution < 1.29 is 23.9 Å². The van der Waals surface area contributed by atoms with Crippen molar-refractivity contribution in [3.63, 3.8) is 0 Å². The maximum absolute atomic E-state index is 12.2. The van der Waals surface area contributed by atoms with Crippen molar-refractivity contribution in [2.45, 2.75) is 19.4 Å². The number of amides is 3. The van der Waals surface area contributed by atoms with E-state index in [0.717, 1.165) is 15.1 Å². The van der Waals surface area contributed by atoms with Crippen molar-refractivity contribution in [2.75, 3.05) is 13.7 Å². The summed E-state index contributed by atoms with van der Waals surface area (Å²) in [6.45, 7) is -0.474. The van der Waals surface area contributed by atoms with E-state index in [0.29, 0.717) is 4.80 Å². The topological polar surface area (TPSA) is 98.0 Å². The molecule has 1 aromatic heterocycles. The third kappa shape index (κ3) is 3.50. The molecule has 0 atom stereocenters. The summed E-state index contributed by atoms with van der Waals surface area (Å²) in [5.41, 5.74) is 0.748. The van der Waals surface area contributed by atoms with Crippen LogP contribution in [0.3, 0.4) is 0 Å². The quantitative estimate of drug-likeness (QED) is 0.582. The van der Waals surface area contributed by atoms with Gasteiger partial charge in [-0.2, -0.15) is 4.99 Å². The van der Waals surface area contributed by atoms with Crippen LogP contribution in [-0.4, -0.2) is 46.8 Å². The first-order chi connectivity index (χ1) is 12.0. The van der Waals surface area contributed by atoms with E-state index in [4.69, 9.17) is 0 Å². The maximum atomic E-state index is 12.2. The van der Waals surface area contributed by atoms with Gasteiger partial charge in [-0.1, -0.05) is 23.5 Å². The molecule has 0 aliphatic carbocycles. The molecule has 1 fully saturated rings. The van der Waals surface area contributed by atoms with Gasteiger partial charge in [0, 0.05) is 12.8 Å². The van der Waals surface area contributed by atoms with Crippen molar-refractivity contribution in [2.24, 2.45) is 4.99 Å². The second-order valence-electron chi connectivity index (χ2n) is 5.39. The molecule has 130 valence electrons. The van der Waals surface area contributed by atoms with Crippen molar-refractivity contribution in [3.8, 4) is 0 Å². The van der Waals surface area contributed by atoms with Crippen LogP contribution in [0.25, 0.3) is 10.2 Å². The first-order valence-corrected chi connectivity index (χ1v) is 8.37. The van der Waals surface area contributed by atoms with Gasteiger partial charge in [-0.25, -0.2) is 0 Å². The number of hydrogen-bond donors (Lipinski definition) is 0. The minimum absolute atomic E-state index is 0.0891. The first-order valence-electron chi connectivity index (χ1n) is 7.55. The zero-order valence-corrected chi connectivity index (χ0v) is 14.2. The van der Waals surface area contributed by atoms with Crippen LogP contribution in [0.15, 0.2) is 29.3 Å². The molecule has 0 spiro atoms. The van der Waals surface area contributed by atoms with Crippen LogP contribution in [0.1, 0.15) is 12.8 Å². The molecule has 1 saturated heterocycles. The zero-order chi connectivity index (χ0) is 18.0. The summed E-state index contributed by atoms with van der Waals surface area (Å²) in [6, 6.07) is 7.32. The molecule has 0 bridgehead atoms. The normalized spacial score (nSPS) is 15.2. The summed E-state index contributed by atoms with van der Waals surface area (Å²) in [4.78, 5) is 52.3. The van der Waals surface area contributed by atoms with Crippen molar-refractivity contribution in [1.29, 1.82) is 0 Å². The Morgan fingerprint density at radius 2 is 1.84 bits per heavy atom. The number of carbonyl (C=O) groups is 4. The molecule has 8 nitrogen and oxygen atoms in total. The SMILES string of the molecule is COC(=O)Cn1c(=NC(=O)CN2C(=O)CCC2=O)sc2ccccc21. The number of nitrogens with zero attached hydrogens (tertiary/aromatic N) is 3. The van der Waals surface area contributed by atoms with Crippen LogP contribution in [0.5, 0.6) is 0 Å². The van der Waals surface area contributed by atoms with E-state index >= 15 is 0 Å². The number of thiazole rings is 1. The number of esters is 1. The van der Waals surface area contributed by atoms with Crippen LogP contribution in [0.2, 0.25) is 0 Å². The van der Waals surface area contributed by atoms with Gasteiger partial charge in [0.25, 0.3) is 5.91 Å². The van der Waals surface area contributed by atoms with Crippen molar-refractivity contribution in [3.05, 3.63) is 29.1 Å². The van der Waals surface area contributed by atoms with Gasteiger partial charge < -0.3 is 9.30 Å². The number of rotatable bonds is 4. The standard InChI is InChI=1S/C16H15N3O5S/c1-24-15(23)9-18-10-4-2-3-5-11(10)25-16(18)17-12(20)8-19-13(21)6-7-14(19)22/h2-5H,6-9H2,1H3. The highest BCUT2D eigenvalue weighted by Crippen LogP contribution is 2.17. The number of carbonyl (C=O) groups excluding carboxylic acids is 4. The highest BCUT2D eigenvalue weighted by molar-refractivity contribution is 7.16. The summed E-state index contributed by atoms with van der Waals surface area (Å²) in [6.07, 6.45) is 0.245. The lowest BCUT2D eigenvalue weighted by Crippen LogP contribution is -2.34. The summed E-state index contributed by atoms with van der Waals surface area (Å²) in [5, 5.41) is 0. The molecule has 3 amide bonds. The monoisotopic (exact) mass is 361 g/mol. The predicted octanol–water partition coefficient (Wildman–Crippen LogP) is 0.452. The summed E-state index contributed by atoms with van der Waals surface area (Å²) < 4.78 is 7.12. The van der Waals surface area contributed by atoms with Gasteiger partial charge in [0.2, 0.25) is 11.8 Å². The molecule has 2 aromatic rings. The number of ether oxygens (including phenoxy) is 1. The predicted molar refractivity (Wildman–Crippen MR) is 88.4 cm³/mol. The van der Waals surface area contributed by atoms with Crippen LogP contribution in [0.4, 0.5) is 0 Å². The lowest BCUT2D eigenvalue weighted by molar-refractivity contribution is -0.142. The fraction of sp³-hybridized carbons (Fsp3) is 0.312. The third-order valence-electron chi connectivity index (χ3n) is 3.77. The van der Waals surface area contributed by atoms with Crippen molar-refractivity contribution >= 4 is 45.2 Å². The van der Waals surface area contributed by atoms with Crippen LogP contribution >= 0.6 is 11.3 Å². The van der Waals surface area contributed by atoms with Crippen LogP contribution < -0.4 is 4.80 Å². The Bertz CT molecular complexity index is 927. The number of fused-ring (bicyclic) bond motifs is 1. The number of para-hydroxylation sites is 1. The van der Waals surface area contributed by atoms with Crippen LogP contribution in [-0.2, 0) is 30.5 Å². The van der Waals surface area contributed by atoms with E-state index in [9.17, 15) is 19.2 Å². The molecule has 25 heavy (non-hydrogen) atoms. The van der Waals surface area contributed by atoms with Gasteiger partial charge in [-0.15, -0.1) is 0 Å². The highest BCUT2D eigenvalue weighted by atomic mass is 32.1. The Labute approximate surface area is 146 Å². The molecule has 9 heteroatoms. The molecule has 0 N–H and O–H groups in total. The smallest absolute Gasteiger partial charge is 0.325 e. The van der Waals surface area contributed by atoms with Crippen LogP contribution in [0, 0.1) is 0 Å². The van der Waals surface area contributed by atoms with E-state index in [-0.39, 0.29) is 37.7 Å². The van der Waals surface area contributed by atoms with Gasteiger partial charge >= 0.3 is 5.97 Å². The number of aromatic nitrogens is 1. The Kier molecular flexibility index (Phi) is 4.75. The van der Waals surface area contributed by atoms with Gasteiger partial charge in [-0.3, -0.25) is 24.1 Å². The molecule has 1 aliphatic rings. The Balaban J connectivity index is 1.96. The number of imide groups is 1. The molecule has 0 saturated carbocycles. The summed E-state index contributed by atoms with van der Waals surface area (Å²) >= 11 is 1.24. The van der Waals surface area contributed by atoms with Gasteiger partial charge in [0.05, 0.1) is 17.3 Å². The van der Waals surface area contributed by atoms with E-state index < -0.39 is 11.9 Å². The molecular weight excluding hydrogens is 346 g/mol. The molecule has 0 radical (unpaired) electrons. The fourth-order valence-corrected chi connectivity index (χ4v) is 3.58. The first kappa shape index (κ1) is 17.0. The number of methoxy groups -OCH3 is 1. The second kappa shape index (κ2) is 6.98. The molecule has 1 aliphatic heterocycles. The van der Waals surface area contributed by atoms with E-state index in [2.05, 4.69) is 9.73 Å². The third-order valence-corrected chi connectivity index (χ3v) is 4.83. The zero-order valence-electron chi connectivity index (χ0n) is 13.4. The lowest BCUT2D eigenvalue weighted by atomic mass is 10.3. The Morgan fingerprint density at radius 3 is 2.52 bits per heavy atom. The molecule has 2 heterocycles. The summed E-state index contributed by atoms with van der Waals surface area (Å²) in [5.74, 6) is -1.82. The second-order valence-corrected chi connectivity index (χ2v) is 6.40. The molecule has 3 rings (SSSR count). The maximum Gasteiger partial charge on any atom is 0.325 e. The average Bonchev–Trinajstić information content (AvgIpc) is 3.09. The lowest BCUT2D eigenvalue weighted by Gasteiger charge is -2.10. The highest BCUT2D eigenvalue weighted by Gasteiger charge is 2.30. The van der Waals surface area contributed by atoms with Gasteiger partial charge in [-0.05, 0) is 12.1 Å². The minimum Gasteiger partial charge on any atom is -0.468 e. The van der Waals surface area contributed by atoms with Gasteiger partial charge in [0.1, 0.15) is 13.1 Å². The average molecular weight is 361 g/mol. The van der Waals surface area contributed by atoms with E-state index in [1.165, 1.54) is 18.4 Å².